The lowest BCUT2D eigenvalue weighted by Gasteiger charge is -2.42. The SMILES string of the molecule is N/C(=C\NC1C(O)C(CO)OC(Sc2ccc(Cl)c(Cl)c2)C1O)c1ncc(F)s1. The molecule has 1 aromatic carbocycles. The van der Waals surface area contributed by atoms with E-state index in [1.807, 2.05) is 0 Å². The Morgan fingerprint density at radius 1 is 1.34 bits per heavy atom. The predicted octanol–water partition coefficient (Wildman–Crippen LogP) is 2.04. The quantitative estimate of drug-likeness (QED) is 0.424. The van der Waals surface area contributed by atoms with Gasteiger partial charge in [-0.05, 0) is 18.2 Å². The molecule has 29 heavy (non-hydrogen) atoms. The van der Waals surface area contributed by atoms with Gasteiger partial charge in [0.05, 0.1) is 34.6 Å². The molecule has 3 rings (SSSR count). The molecule has 158 valence electrons. The first-order valence-corrected chi connectivity index (χ1v) is 10.8. The van der Waals surface area contributed by atoms with Crippen molar-refractivity contribution in [3.05, 3.63) is 50.8 Å². The van der Waals surface area contributed by atoms with Crippen molar-refractivity contribution >= 4 is 52.0 Å². The lowest BCUT2D eigenvalue weighted by atomic mass is 9.97. The fourth-order valence-electron chi connectivity index (χ4n) is 2.70. The maximum absolute atomic E-state index is 13.1. The molecule has 5 unspecified atom stereocenters. The lowest BCUT2D eigenvalue weighted by Crippen LogP contribution is -2.62. The van der Waals surface area contributed by atoms with Gasteiger partial charge in [-0.25, -0.2) is 4.98 Å². The Bertz CT molecular complexity index is 888. The molecule has 6 N–H and O–H groups in total. The number of nitrogens with one attached hydrogen (secondary N) is 1. The molecule has 12 heteroatoms. The van der Waals surface area contributed by atoms with Gasteiger partial charge in [-0.3, -0.25) is 0 Å². The topological polar surface area (TPSA) is 121 Å². The summed E-state index contributed by atoms with van der Waals surface area (Å²) >= 11 is 13.9. The van der Waals surface area contributed by atoms with Crippen molar-refractivity contribution in [1.29, 1.82) is 0 Å². The fourth-order valence-corrected chi connectivity index (χ4v) is 4.74. The summed E-state index contributed by atoms with van der Waals surface area (Å²) in [6.45, 7) is -0.457. The van der Waals surface area contributed by atoms with Crippen LogP contribution in [0.1, 0.15) is 5.01 Å². The maximum Gasteiger partial charge on any atom is 0.196 e. The molecular weight excluding hydrogens is 464 g/mol. The number of ether oxygens (including phenoxy) is 1. The molecule has 0 radical (unpaired) electrons. The zero-order valence-electron chi connectivity index (χ0n) is 14.7. The number of thiazole rings is 1. The Labute approximate surface area is 184 Å². The summed E-state index contributed by atoms with van der Waals surface area (Å²) in [4.78, 5) is 4.51. The van der Waals surface area contributed by atoms with Crippen LogP contribution in [0.2, 0.25) is 10.0 Å². The average molecular weight is 482 g/mol. The molecule has 0 saturated carbocycles. The summed E-state index contributed by atoms with van der Waals surface area (Å²) in [5.41, 5.74) is 5.19. The Kier molecular flexibility index (Phi) is 7.63. The minimum Gasteiger partial charge on any atom is -0.395 e. The molecule has 1 aliphatic rings. The zero-order valence-corrected chi connectivity index (χ0v) is 17.9. The molecule has 0 amide bonds. The summed E-state index contributed by atoms with van der Waals surface area (Å²) < 4.78 is 18.8. The molecule has 5 atom stereocenters. The molecular formula is C17H18Cl2FN3O4S2. The lowest BCUT2D eigenvalue weighted by molar-refractivity contribution is -0.164. The highest BCUT2D eigenvalue weighted by atomic mass is 35.5. The number of rotatable bonds is 6. The number of halogens is 3. The minimum atomic E-state index is -1.22. The van der Waals surface area contributed by atoms with Gasteiger partial charge in [0.15, 0.2) is 5.13 Å². The van der Waals surface area contributed by atoms with Gasteiger partial charge < -0.3 is 31.1 Å². The molecule has 2 aromatic rings. The van der Waals surface area contributed by atoms with Crippen molar-refractivity contribution in [2.24, 2.45) is 5.73 Å². The van der Waals surface area contributed by atoms with E-state index in [2.05, 4.69) is 10.3 Å². The van der Waals surface area contributed by atoms with Crippen molar-refractivity contribution in [2.75, 3.05) is 6.61 Å². The van der Waals surface area contributed by atoms with Crippen molar-refractivity contribution in [3.63, 3.8) is 0 Å². The summed E-state index contributed by atoms with van der Waals surface area (Å²) in [5, 5.41) is 34.1. The van der Waals surface area contributed by atoms with E-state index in [1.165, 1.54) is 18.0 Å². The molecule has 0 bridgehead atoms. The van der Waals surface area contributed by atoms with Crippen LogP contribution in [0.3, 0.4) is 0 Å². The summed E-state index contributed by atoms with van der Waals surface area (Å²) in [7, 11) is 0. The number of aliphatic hydroxyl groups excluding tert-OH is 3. The number of benzene rings is 1. The van der Waals surface area contributed by atoms with E-state index in [1.54, 1.807) is 18.2 Å². The second-order valence-corrected chi connectivity index (χ2v) is 9.13. The van der Waals surface area contributed by atoms with Gasteiger partial charge in [0, 0.05) is 11.1 Å². The molecule has 1 fully saturated rings. The van der Waals surface area contributed by atoms with E-state index < -0.39 is 41.5 Å². The van der Waals surface area contributed by atoms with Crippen LogP contribution in [0.4, 0.5) is 4.39 Å². The number of hydrogen-bond acceptors (Lipinski definition) is 9. The molecule has 1 aliphatic heterocycles. The summed E-state index contributed by atoms with van der Waals surface area (Å²) in [5.74, 6) is 0. The number of thioether (sulfide) groups is 1. The van der Waals surface area contributed by atoms with Gasteiger partial charge in [-0.1, -0.05) is 46.3 Å². The highest BCUT2D eigenvalue weighted by molar-refractivity contribution is 7.99. The van der Waals surface area contributed by atoms with Crippen LogP contribution in [0.25, 0.3) is 5.70 Å². The molecule has 2 heterocycles. The average Bonchev–Trinajstić information content (AvgIpc) is 3.13. The van der Waals surface area contributed by atoms with Gasteiger partial charge in [0.2, 0.25) is 0 Å². The maximum atomic E-state index is 13.1. The number of nitrogens with two attached hydrogens (primary N) is 1. The summed E-state index contributed by atoms with van der Waals surface area (Å²) in [6, 6.07) is 4.04. The molecule has 0 aliphatic carbocycles. The Balaban J connectivity index is 1.76. The van der Waals surface area contributed by atoms with Crippen LogP contribution in [-0.2, 0) is 4.74 Å². The van der Waals surface area contributed by atoms with E-state index >= 15 is 0 Å². The molecule has 7 nitrogen and oxygen atoms in total. The highest BCUT2D eigenvalue weighted by Crippen LogP contribution is 2.36. The van der Waals surface area contributed by atoms with E-state index in [-0.39, 0.29) is 10.7 Å². The number of aliphatic hydroxyl groups is 3. The van der Waals surface area contributed by atoms with Gasteiger partial charge >= 0.3 is 0 Å². The summed E-state index contributed by atoms with van der Waals surface area (Å²) in [6.07, 6.45) is -0.967. The minimum absolute atomic E-state index is 0.138. The van der Waals surface area contributed by atoms with Gasteiger partial charge in [0.25, 0.3) is 0 Å². The van der Waals surface area contributed by atoms with Gasteiger partial charge in [-0.2, -0.15) is 4.39 Å². The van der Waals surface area contributed by atoms with Crippen LogP contribution < -0.4 is 11.1 Å². The number of hydrogen-bond donors (Lipinski definition) is 5. The Morgan fingerprint density at radius 2 is 2.10 bits per heavy atom. The first kappa shape index (κ1) is 22.6. The van der Waals surface area contributed by atoms with E-state index in [9.17, 15) is 19.7 Å². The Hall–Kier alpha value is -1.11. The number of aromatic nitrogens is 1. The zero-order chi connectivity index (χ0) is 21.1. The normalized spacial score (nSPS) is 27.8. The molecule has 1 saturated heterocycles. The van der Waals surface area contributed by atoms with E-state index in [0.29, 0.717) is 14.9 Å². The van der Waals surface area contributed by atoms with Crippen molar-refractivity contribution in [3.8, 4) is 0 Å². The smallest absolute Gasteiger partial charge is 0.196 e. The van der Waals surface area contributed by atoms with E-state index in [0.717, 1.165) is 17.5 Å². The van der Waals surface area contributed by atoms with Crippen LogP contribution >= 0.6 is 46.3 Å². The third-order valence-electron chi connectivity index (χ3n) is 4.18. The molecule has 1 aromatic heterocycles. The second-order valence-electron chi connectivity index (χ2n) is 6.16. The van der Waals surface area contributed by atoms with Crippen molar-refractivity contribution in [2.45, 2.75) is 34.7 Å². The Morgan fingerprint density at radius 3 is 2.72 bits per heavy atom. The first-order chi connectivity index (χ1) is 13.8. The van der Waals surface area contributed by atoms with Crippen LogP contribution in [0.5, 0.6) is 0 Å². The third kappa shape index (κ3) is 5.33. The van der Waals surface area contributed by atoms with Crippen molar-refractivity contribution < 1.29 is 24.4 Å². The predicted molar refractivity (Wildman–Crippen MR) is 111 cm³/mol. The number of nitrogens with zero attached hydrogens (tertiary/aromatic N) is 1. The monoisotopic (exact) mass is 481 g/mol. The van der Waals surface area contributed by atoms with E-state index in [4.69, 9.17) is 33.7 Å². The highest BCUT2D eigenvalue weighted by Gasteiger charge is 2.44. The second kappa shape index (κ2) is 9.80. The fraction of sp³-hybridized carbons (Fsp3) is 0.353. The van der Waals surface area contributed by atoms with Crippen LogP contribution in [0, 0.1) is 5.13 Å². The van der Waals surface area contributed by atoms with Crippen LogP contribution in [-0.4, -0.2) is 56.7 Å². The third-order valence-corrected chi connectivity index (χ3v) is 6.91. The van der Waals surface area contributed by atoms with Gasteiger partial charge in [-0.15, -0.1) is 0 Å². The molecule has 0 spiro atoms. The largest absolute Gasteiger partial charge is 0.395 e. The van der Waals surface area contributed by atoms with Gasteiger partial charge in [0.1, 0.15) is 28.8 Å². The standard InChI is InChI=1S/C17H18Cl2FN3O4S2/c18-8-2-1-7(3-9(8)19)28-17-15(26)13(14(25)11(6-24)27-17)22-4-10(21)16-23-5-12(20)29-16/h1-5,11,13-15,17,22,24-26H,6,21H2/b10-4-. The van der Waals surface area contributed by atoms with Crippen molar-refractivity contribution in [1.82, 2.24) is 10.3 Å². The first-order valence-electron chi connectivity index (χ1n) is 8.37. The van der Waals surface area contributed by atoms with Crippen LogP contribution in [0.15, 0.2) is 35.5 Å².